The second-order valence-electron chi connectivity index (χ2n) is 3.08. The maximum atomic E-state index is 11.1. The average molecular weight is 197 g/mol. The highest BCUT2D eigenvalue weighted by atomic mass is 35.5. The number of ether oxygens (including phenoxy) is 1. The molecule has 1 heterocycles. The van der Waals surface area contributed by atoms with Gasteiger partial charge in [-0.2, -0.15) is 0 Å². The van der Waals surface area contributed by atoms with Crippen LogP contribution < -0.4 is 4.74 Å². The molecule has 0 N–H and O–H groups in total. The summed E-state index contributed by atoms with van der Waals surface area (Å²) in [5, 5.41) is 0.605. The van der Waals surface area contributed by atoms with Crippen LogP contribution in [0.25, 0.3) is 0 Å². The quantitative estimate of drug-likeness (QED) is 0.471. The van der Waals surface area contributed by atoms with Gasteiger partial charge in [-0.1, -0.05) is 17.7 Å². The van der Waals surface area contributed by atoms with Gasteiger partial charge >= 0.3 is 5.97 Å². The van der Waals surface area contributed by atoms with Crippen LogP contribution in [0.1, 0.15) is 18.4 Å². The standard InChI is InChI=1S/C10H9ClO2/c11-8-5-4-7-2-1-3-10(12)13-9(7)6-8/h4-6H,1-3H2. The van der Waals surface area contributed by atoms with Gasteiger partial charge < -0.3 is 4.74 Å². The van der Waals surface area contributed by atoms with Crippen LogP contribution in [0.4, 0.5) is 0 Å². The Hall–Kier alpha value is -1.02. The lowest BCUT2D eigenvalue weighted by Crippen LogP contribution is -2.05. The third kappa shape index (κ3) is 1.83. The first-order valence-corrected chi connectivity index (χ1v) is 4.62. The number of rotatable bonds is 0. The highest BCUT2D eigenvalue weighted by Gasteiger charge is 2.14. The Morgan fingerprint density at radius 1 is 1.31 bits per heavy atom. The zero-order valence-corrected chi connectivity index (χ0v) is 7.80. The monoisotopic (exact) mass is 196 g/mol. The molecule has 0 amide bonds. The van der Waals surface area contributed by atoms with Gasteiger partial charge in [-0.3, -0.25) is 4.79 Å². The molecule has 0 fully saturated rings. The van der Waals surface area contributed by atoms with Gasteiger partial charge in [-0.25, -0.2) is 0 Å². The normalized spacial score (nSPS) is 15.9. The zero-order valence-electron chi connectivity index (χ0n) is 7.05. The molecule has 68 valence electrons. The van der Waals surface area contributed by atoms with Gasteiger partial charge in [0.15, 0.2) is 0 Å². The molecule has 3 heteroatoms. The van der Waals surface area contributed by atoms with Crippen LogP contribution in [0.5, 0.6) is 5.75 Å². The van der Waals surface area contributed by atoms with Gasteiger partial charge in [-0.05, 0) is 30.5 Å². The van der Waals surface area contributed by atoms with E-state index < -0.39 is 0 Å². The van der Waals surface area contributed by atoms with Crippen LogP contribution in [-0.4, -0.2) is 5.97 Å². The fourth-order valence-corrected chi connectivity index (χ4v) is 1.59. The molecule has 0 bridgehead atoms. The fraction of sp³-hybridized carbons (Fsp3) is 0.300. The molecule has 2 nitrogen and oxygen atoms in total. The molecule has 0 aromatic heterocycles. The molecular weight excluding hydrogens is 188 g/mol. The molecule has 1 aliphatic heterocycles. The lowest BCUT2D eigenvalue weighted by Gasteiger charge is -2.04. The van der Waals surface area contributed by atoms with Crippen molar-refractivity contribution in [2.24, 2.45) is 0 Å². The van der Waals surface area contributed by atoms with Gasteiger partial charge in [0.05, 0.1) is 0 Å². The number of carbonyl (C=O) groups excluding carboxylic acids is 1. The second kappa shape index (κ2) is 3.38. The maximum absolute atomic E-state index is 11.1. The van der Waals surface area contributed by atoms with Gasteiger partial charge in [-0.15, -0.1) is 0 Å². The first-order valence-electron chi connectivity index (χ1n) is 4.25. The molecular formula is C10H9ClO2. The van der Waals surface area contributed by atoms with Crippen molar-refractivity contribution in [3.8, 4) is 5.75 Å². The molecule has 0 unspecified atom stereocenters. The van der Waals surface area contributed by atoms with Crippen molar-refractivity contribution in [1.82, 2.24) is 0 Å². The van der Waals surface area contributed by atoms with E-state index in [1.54, 1.807) is 6.07 Å². The number of carbonyl (C=O) groups is 1. The number of aryl methyl sites for hydroxylation is 1. The topological polar surface area (TPSA) is 26.3 Å². The smallest absolute Gasteiger partial charge is 0.311 e. The molecule has 1 aliphatic rings. The Labute approximate surface area is 81.5 Å². The molecule has 0 spiro atoms. The van der Waals surface area contributed by atoms with E-state index in [1.807, 2.05) is 12.1 Å². The third-order valence-corrected chi connectivity index (χ3v) is 2.32. The summed E-state index contributed by atoms with van der Waals surface area (Å²) < 4.78 is 5.11. The number of esters is 1. The van der Waals surface area contributed by atoms with E-state index in [0.29, 0.717) is 17.2 Å². The first-order chi connectivity index (χ1) is 6.25. The van der Waals surface area contributed by atoms with Crippen LogP contribution in [0, 0.1) is 0 Å². The summed E-state index contributed by atoms with van der Waals surface area (Å²) in [6, 6.07) is 5.43. The molecule has 0 radical (unpaired) electrons. The van der Waals surface area contributed by atoms with Crippen molar-refractivity contribution in [2.75, 3.05) is 0 Å². The van der Waals surface area contributed by atoms with Crippen LogP contribution in [0.3, 0.4) is 0 Å². The van der Waals surface area contributed by atoms with Crippen LogP contribution in [-0.2, 0) is 11.2 Å². The fourth-order valence-electron chi connectivity index (χ4n) is 1.43. The summed E-state index contributed by atoms with van der Waals surface area (Å²) >= 11 is 5.79. The number of hydrogen-bond acceptors (Lipinski definition) is 2. The minimum Gasteiger partial charge on any atom is -0.426 e. The summed E-state index contributed by atoms with van der Waals surface area (Å²) in [6.07, 6.45) is 2.23. The number of halogens is 1. The van der Waals surface area contributed by atoms with Gasteiger partial charge in [0.1, 0.15) is 5.75 Å². The predicted octanol–water partition coefficient (Wildman–Crippen LogP) is 2.58. The van der Waals surface area contributed by atoms with E-state index in [2.05, 4.69) is 0 Å². The summed E-state index contributed by atoms with van der Waals surface area (Å²) in [5.41, 5.74) is 1.07. The lowest BCUT2D eigenvalue weighted by atomic mass is 10.1. The molecule has 13 heavy (non-hydrogen) atoms. The van der Waals surface area contributed by atoms with E-state index in [0.717, 1.165) is 18.4 Å². The SMILES string of the molecule is O=C1CCCc2ccc(Cl)cc2O1. The number of fused-ring (bicyclic) bond motifs is 1. The molecule has 0 atom stereocenters. The zero-order chi connectivity index (χ0) is 9.26. The largest absolute Gasteiger partial charge is 0.426 e. The molecule has 0 saturated heterocycles. The van der Waals surface area contributed by atoms with Gasteiger partial charge in [0, 0.05) is 11.4 Å². The number of hydrogen-bond donors (Lipinski definition) is 0. The Kier molecular flexibility index (Phi) is 2.23. The second-order valence-corrected chi connectivity index (χ2v) is 3.52. The Morgan fingerprint density at radius 2 is 2.15 bits per heavy atom. The summed E-state index contributed by atoms with van der Waals surface area (Å²) in [6.45, 7) is 0. The molecule has 0 aliphatic carbocycles. The predicted molar refractivity (Wildman–Crippen MR) is 50.0 cm³/mol. The van der Waals surface area contributed by atoms with Crippen LogP contribution in [0.15, 0.2) is 18.2 Å². The molecule has 2 rings (SSSR count). The van der Waals surface area contributed by atoms with Crippen molar-refractivity contribution in [3.63, 3.8) is 0 Å². The Morgan fingerprint density at radius 3 is 3.00 bits per heavy atom. The van der Waals surface area contributed by atoms with Gasteiger partial charge in [0.2, 0.25) is 0 Å². The average Bonchev–Trinajstić information content (AvgIpc) is 2.25. The van der Waals surface area contributed by atoms with Crippen LogP contribution in [0.2, 0.25) is 5.02 Å². The highest BCUT2D eigenvalue weighted by molar-refractivity contribution is 6.30. The van der Waals surface area contributed by atoms with Crippen LogP contribution >= 0.6 is 11.6 Å². The summed E-state index contributed by atoms with van der Waals surface area (Å²) in [7, 11) is 0. The minimum absolute atomic E-state index is 0.166. The highest BCUT2D eigenvalue weighted by Crippen LogP contribution is 2.27. The van der Waals surface area contributed by atoms with Crippen molar-refractivity contribution in [2.45, 2.75) is 19.3 Å². The summed E-state index contributed by atoms with van der Waals surface area (Å²) in [4.78, 5) is 11.1. The van der Waals surface area contributed by atoms with E-state index >= 15 is 0 Å². The minimum atomic E-state index is -0.166. The van der Waals surface area contributed by atoms with Crippen molar-refractivity contribution in [3.05, 3.63) is 28.8 Å². The van der Waals surface area contributed by atoms with E-state index in [4.69, 9.17) is 16.3 Å². The Balaban J connectivity index is 2.40. The van der Waals surface area contributed by atoms with E-state index in [9.17, 15) is 4.79 Å². The van der Waals surface area contributed by atoms with Crippen molar-refractivity contribution in [1.29, 1.82) is 0 Å². The van der Waals surface area contributed by atoms with E-state index in [-0.39, 0.29) is 5.97 Å². The molecule has 1 aromatic rings. The summed E-state index contributed by atoms with van der Waals surface area (Å²) in [5.74, 6) is 0.455. The first kappa shape index (κ1) is 8.57. The van der Waals surface area contributed by atoms with Crippen molar-refractivity contribution < 1.29 is 9.53 Å². The van der Waals surface area contributed by atoms with Gasteiger partial charge in [0.25, 0.3) is 0 Å². The molecule has 0 saturated carbocycles. The maximum Gasteiger partial charge on any atom is 0.311 e. The number of benzene rings is 1. The third-order valence-electron chi connectivity index (χ3n) is 2.08. The Bertz CT molecular complexity index is 347. The molecule has 1 aromatic carbocycles. The van der Waals surface area contributed by atoms with E-state index in [1.165, 1.54) is 0 Å². The van der Waals surface area contributed by atoms with Crippen molar-refractivity contribution >= 4 is 17.6 Å². The lowest BCUT2D eigenvalue weighted by molar-refractivity contribution is -0.134.